The first-order valence-corrected chi connectivity index (χ1v) is 8.08. The number of unbranched alkanes of at least 4 members (excludes halogenated alkanes) is 1. The number of aromatic nitrogens is 1. The molecule has 0 aliphatic heterocycles. The quantitative estimate of drug-likeness (QED) is 0.637. The second-order valence-electron chi connectivity index (χ2n) is 4.12. The number of rotatable bonds is 6. The predicted molar refractivity (Wildman–Crippen MR) is 84.1 cm³/mol. The minimum absolute atomic E-state index is 0.782. The standard InChI is InChI=1S/C14H18N2OS2/c1-3-4-9-18-14-16-12(13(15)19-14)10-5-7-11(17-2)8-6-10/h5-8H,3-4,9,15H2,1-2H3. The molecule has 2 rings (SSSR count). The van der Waals surface area contributed by atoms with Crippen LogP contribution in [0.25, 0.3) is 11.3 Å². The van der Waals surface area contributed by atoms with Gasteiger partial charge in [-0.2, -0.15) is 0 Å². The van der Waals surface area contributed by atoms with Gasteiger partial charge in [-0.1, -0.05) is 36.4 Å². The zero-order valence-corrected chi connectivity index (χ0v) is 12.8. The molecule has 102 valence electrons. The Labute approximate surface area is 122 Å². The fourth-order valence-electron chi connectivity index (χ4n) is 1.63. The van der Waals surface area contributed by atoms with E-state index < -0.39 is 0 Å². The van der Waals surface area contributed by atoms with E-state index in [2.05, 4.69) is 11.9 Å². The lowest BCUT2D eigenvalue weighted by Crippen LogP contribution is -1.87. The number of nitrogen functional groups attached to an aromatic ring is 1. The van der Waals surface area contributed by atoms with Crippen LogP contribution in [0, 0.1) is 0 Å². The van der Waals surface area contributed by atoms with Crippen molar-refractivity contribution in [2.75, 3.05) is 18.6 Å². The van der Waals surface area contributed by atoms with Crippen LogP contribution in [0.15, 0.2) is 28.6 Å². The molecule has 2 N–H and O–H groups in total. The zero-order chi connectivity index (χ0) is 13.7. The van der Waals surface area contributed by atoms with E-state index in [0.717, 1.165) is 32.1 Å². The van der Waals surface area contributed by atoms with Gasteiger partial charge in [0.25, 0.3) is 0 Å². The van der Waals surface area contributed by atoms with Crippen molar-refractivity contribution in [3.63, 3.8) is 0 Å². The summed E-state index contributed by atoms with van der Waals surface area (Å²) >= 11 is 3.35. The average molecular weight is 294 g/mol. The van der Waals surface area contributed by atoms with E-state index >= 15 is 0 Å². The van der Waals surface area contributed by atoms with Crippen LogP contribution < -0.4 is 10.5 Å². The summed E-state index contributed by atoms with van der Waals surface area (Å²) in [6.45, 7) is 2.19. The number of hydrogen-bond acceptors (Lipinski definition) is 5. The monoisotopic (exact) mass is 294 g/mol. The third kappa shape index (κ3) is 3.64. The summed E-state index contributed by atoms with van der Waals surface area (Å²) in [5, 5.41) is 0.782. The molecular formula is C14H18N2OS2. The van der Waals surface area contributed by atoms with Gasteiger partial charge >= 0.3 is 0 Å². The smallest absolute Gasteiger partial charge is 0.152 e. The van der Waals surface area contributed by atoms with E-state index in [9.17, 15) is 0 Å². The van der Waals surface area contributed by atoms with Crippen molar-refractivity contribution in [3.05, 3.63) is 24.3 Å². The molecule has 0 aliphatic rings. The second-order valence-corrected chi connectivity index (χ2v) is 6.50. The van der Waals surface area contributed by atoms with Gasteiger partial charge in [0.15, 0.2) is 4.34 Å². The molecule has 0 saturated heterocycles. The summed E-state index contributed by atoms with van der Waals surface area (Å²) < 4.78 is 6.21. The molecule has 3 nitrogen and oxygen atoms in total. The van der Waals surface area contributed by atoms with Crippen molar-refractivity contribution >= 4 is 28.1 Å². The summed E-state index contributed by atoms with van der Waals surface area (Å²) in [5.74, 6) is 1.95. The number of thiazole rings is 1. The maximum atomic E-state index is 6.06. The molecule has 19 heavy (non-hydrogen) atoms. The van der Waals surface area contributed by atoms with Crippen LogP contribution in [0.2, 0.25) is 0 Å². The Hall–Kier alpha value is -1.20. The van der Waals surface area contributed by atoms with Crippen LogP contribution in [0.1, 0.15) is 19.8 Å². The molecule has 0 amide bonds. The van der Waals surface area contributed by atoms with E-state index in [1.165, 1.54) is 12.8 Å². The van der Waals surface area contributed by atoms with Gasteiger partial charge < -0.3 is 10.5 Å². The number of benzene rings is 1. The Bertz CT molecular complexity index is 523. The first-order chi connectivity index (χ1) is 9.24. The molecular weight excluding hydrogens is 276 g/mol. The van der Waals surface area contributed by atoms with E-state index in [4.69, 9.17) is 10.5 Å². The Morgan fingerprint density at radius 1 is 1.32 bits per heavy atom. The maximum Gasteiger partial charge on any atom is 0.152 e. The highest BCUT2D eigenvalue weighted by Gasteiger charge is 2.11. The van der Waals surface area contributed by atoms with E-state index in [-0.39, 0.29) is 0 Å². The lowest BCUT2D eigenvalue weighted by Gasteiger charge is -2.01. The minimum atomic E-state index is 0.782. The van der Waals surface area contributed by atoms with Gasteiger partial charge in [0.1, 0.15) is 16.4 Å². The number of methoxy groups -OCH3 is 1. The van der Waals surface area contributed by atoms with Gasteiger partial charge in [-0.25, -0.2) is 4.98 Å². The number of nitrogens with two attached hydrogens (primary N) is 1. The maximum absolute atomic E-state index is 6.06. The summed E-state index contributed by atoms with van der Waals surface area (Å²) in [6.07, 6.45) is 2.42. The van der Waals surface area contributed by atoms with Crippen LogP contribution in [0.4, 0.5) is 5.00 Å². The fourth-order valence-corrected chi connectivity index (χ4v) is 3.74. The highest BCUT2D eigenvalue weighted by atomic mass is 32.2. The molecule has 1 heterocycles. The molecule has 0 spiro atoms. The van der Waals surface area contributed by atoms with E-state index in [1.54, 1.807) is 30.2 Å². The Balaban J connectivity index is 2.14. The van der Waals surface area contributed by atoms with Gasteiger partial charge in [-0.3, -0.25) is 0 Å². The lowest BCUT2D eigenvalue weighted by molar-refractivity contribution is 0.415. The zero-order valence-electron chi connectivity index (χ0n) is 11.2. The molecule has 1 aromatic carbocycles. The van der Waals surface area contributed by atoms with Gasteiger partial charge in [0.05, 0.1) is 7.11 Å². The Morgan fingerprint density at radius 2 is 2.05 bits per heavy atom. The summed E-state index contributed by atoms with van der Waals surface area (Å²) in [5.41, 5.74) is 7.98. The molecule has 0 atom stereocenters. The molecule has 2 aromatic rings. The molecule has 1 aromatic heterocycles. The SMILES string of the molecule is CCCCSc1nc(-c2ccc(OC)cc2)c(N)s1. The van der Waals surface area contributed by atoms with Crippen LogP contribution in [-0.4, -0.2) is 17.8 Å². The van der Waals surface area contributed by atoms with Crippen LogP contribution in [0.5, 0.6) is 5.75 Å². The number of ether oxygens (including phenoxy) is 1. The largest absolute Gasteiger partial charge is 0.497 e. The molecule has 0 saturated carbocycles. The van der Waals surface area contributed by atoms with Crippen LogP contribution in [0.3, 0.4) is 0 Å². The van der Waals surface area contributed by atoms with E-state index in [1.807, 2.05) is 24.3 Å². The Kier molecular flexibility index (Phi) is 5.10. The van der Waals surface area contributed by atoms with Crippen molar-refractivity contribution in [1.29, 1.82) is 0 Å². The number of anilines is 1. The highest BCUT2D eigenvalue weighted by Crippen LogP contribution is 2.36. The van der Waals surface area contributed by atoms with Crippen molar-refractivity contribution in [3.8, 4) is 17.0 Å². The molecule has 0 unspecified atom stereocenters. The van der Waals surface area contributed by atoms with Gasteiger partial charge in [-0.05, 0) is 30.7 Å². The topological polar surface area (TPSA) is 48.1 Å². The first kappa shape index (κ1) is 14.2. The van der Waals surface area contributed by atoms with Crippen LogP contribution in [-0.2, 0) is 0 Å². The average Bonchev–Trinajstić information content (AvgIpc) is 2.80. The van der Waals surface area contributed by atoms with Gasteiger partial charge in [-0.15, -0.1) is 0 Å². The molecule has 0 bridgehead atoms. The minimum Gasteiger partial charge on any atom is -0.497 e. The van der Waals surface area contributed by atoms with Crippen molar-refractivity contribution < 1.29 is 4.74 Å². The summed E-state index contributed by atoms with van der Waals surface area (Å²) in [7, 11) is 1.66. The first-order valence-electron chi connectivity index (χ1n) is 6.28. The number of thioether (sulfide) groups is 1. The number of hydrogen-bond donors (Lipinski definition) is 1. The normalized spacial score (nSPS) is 10.6. The van der Waals surface area contributed by atoms with E-state index in [0.29, 0.717) is 0 Å². The second kappa shape index (κ2) is 6.82. The molecule has 0 radical (unpaired) electrons. The predicted octanol–water partition coefficient (Wildman–Crippen LogP) is 4.29. The van der Waals surface area contributed by atoms with Gasteiger partial charge in [0.2, 0.25) is 0 Å². The summed E-state index contributed by atoms with van der Waals surface area (Å²) in [6, 6.07) is 7.84. The molecule has 5 heteroatoms. The summed E-state index contributed by atoms with van der Waals surface area (Å²) in [4.78, 5) is 4.62. The lowest BCUT2D eigenvalue weighted by atomic mass is 10.1. The Morgan fingerprint density at radius 3 is 2.68 bits per heavy atom. The van der Waals surface area contributed by atoms with Crippen LogP contribution >= 0.6 is 23.1 Å². The van der Waals surface area contributed by atoms with Gasteiger partial charge in [0, 0.05) is 11.3 Å². The molecule has 0 fully saturated rings. The fraction of sp³-hybridized carbons (Fsp3) is 0.357. The third-order valence-electron chi connectivity index (χ3n) is 2.72. The third-order valence-corrected chi connectivity index (χ3v) is 4.83. The highest BCUT2D eigenvalue weighted by molar-refractivity contribution is 8.01. The number of nitrogens with zero attached hydrogens (tertiary/aromatic N) is 1. The van der Waals surface area contributed by atoms with Crippen molar-refractivity contribution in [1.82, 2.24) is 4.98 Å². The van der Waals surface area contributed by atoms with Crippen molar-refractivity contribution in [2.24, 2.45) is 0 Å². The van der Waals surface area contributed by atoms with Crippen molar-refractivity contribution in [2.45, 2.75) is 24.1 Å². The molecule has 0 aliphatic carbocycles.